The van der Waals surface area contributed by atoms with Gasteiger partial charge in [0.15, 0.2) is 0 Å². The summed E-state index contributed by atoms with van der Waals surface area (Å²) in [6.45, 7) is 1.96. The Bertz CT molecular complexity index is 1040. The molecule has 28 heavy (non-hydrogen) atoms. The fraction of sp³-hybridized carbons (Fsp3) is 0.429. The van der Waals surface area contributed by atoms with Crippen LogP contribution in [0.1, 0.15) is 44.3 Å². The number of halogens is 3. The third-order valence-corrected chi connectivity index (χ3v) is 5.43. The zero-order chi connectivity index (χ0) is 20.8. The van der Waals surface area contributed by atoms with Crippen LogP contribution in [-0.4, -0.2) is 26.5 Å². The molecule has 1 aliphatic carbocycles. The highest BCUT2D eigenvalue weighted by molar-refractivity contribution is 5.85. The van der Waals surface area contributed by atoms with E-state index < -0.39 is 17.9 Å². The number of aromatic nitrogens is 3. The van der Waals surface area contributed by atoms with Crippen LogP contribution >= 0.6 is 0 Å². The van der Waals surface area contributed by atoms with E-state index >= 15 is 0 Å². The van der Waals surface area contributed by atoms with Gasteiger partial charge in [-0.25, -0.2) is 4.98 Å². The van der Waals surface area contributed by atoms with E-state index in [0.29, 0.717) is 23.9 Å². The zero-order valence-corrected chi connectivity index (χ0v) is 15.5. The van der Waals surface area contributed by atoms with Gasteiger partial charge in [-0.2, -0.15) is 18.3 Å². The van der Waals surface area contributed by atoms with Crippen LogP contribution in [0, 0.1) is 12.8 Å². The summed E-state index contributed by atoms with van der Waals surface area (Å²) >= 11 is 0. The normalized spacial score (nSPS) is 23.8. The van der Waals surface area contributed by atoms with E-state index in [2.05, 4.69) is 10.1 Å². The predicted octanol–water partition coefficient (Wildman–Crippen LogP) is 5.15. The van der Waals surface area contributed by atoms with Gasteiger partial charge >= 0.3 is 6.18 Å². The SMILES string of the molecule is [2H]C1(n2cc3cc(-c4cccc(C(F)(F)F)n4)c(C)cc3n2)CCC(CO)CC1. The second-order valence-electron chi connectivity index (χ2n) is 7.40. The van der Waals surface area contributed by atoms with Crippen molar-refractivity contribution >= 4 is 10.9 Å². The number of aryl methyl sites for hydroxylation is 1. The molecule has 7 heteroatoms. The van der Waals surface area contributed by atoms with E-state index in [1.807, 2.05) is 13.0 Å². The smallest absolute Gasteiger partial charge is 0.396 e. The topological polar surface area (TPSA) is 50.9 Å². The van der Waals surface area contributed by atoms with Crippen LogP contribution in [0.25, 0.3) is 22.2 Å². The number of aliphatic hydroxyl groups excluding tert-OH is 1. The molecule has 1 saturated carbocycles. The van der Waals surface area contributed by atoms with Crippen LogP contribution in [0.15, 0.2) is 36.5 Å². The molecule has 148 valence electrons. The van der Waals surface area contributed by atoms with Gasteiger partial charge in [0.05, 0.1) is 18.6 Å². The first-order valence-corrected chi connectivity index (χ1v) is 9.36. The van der Waals surface area contributed by atoms with Crippen molar-refractivity contribution in [3.05, 3.63) is 47.8 Å². The summed E-state index contributed by atoms with van der Waals surface area (Å²) in [6.07, 6.45) is 0.0474. The van der Waals surface area contributed by atoms with E-state index in [1.54, 1.807) is 23.0 Å². The van der Waals surface area contributed by atoms with Crippen LogP contribution in [0.3, 0.4) is 0 Å². The minimum Gasteiger partial charge on any atom is -0.396 e. The molecular formula is C21H22F3N3O. The van der Waals surface area contributed by atoms with Crippen LogP contribution in [0.5, 0.6) is 0 Å². The molecule has 1 fully saturated rings. The molecule has 4 nitrogen and oxygen atoms in total. The van der Waals surface area contributed by atoms with Gasteiger partial charge in [0.1, 0.15) is 5.69 Å². The largest absolute Gasteiger partial charge is 0.433 e. The zero-order valence-electron chi connectivity index (χ0n) is 16.5. The maximum Gasteiger partial charge on any atom is 0.433 e. The van der Waals surface area contributed by atoms with Crippen molar-refractivity contribution in [3.63, 3.8) is 0 Å². The number of nitrogens with zero attached hydrogens (tertiary/aromatic N) is 3. The van der Waals surface area contributed by atoms with E-state index in [-0.39, 0.29) is 18.2 Å². The third-order valence-electron chi connectivity index (χ3n) is 5.43. The lowest BCUT2D eigenvalue weighted by Crippen LogP contribution is -2.20. The molecule has 1 aliphatic rings. The standard InChI is InChI=1S/C21H22F3N3O/c1-13-9-19-15(11-27(26-19)16-7-5-14(12-28)6-8-16)10-17(13)18-3-2-4-20(25-18)21(22,23)24/h2-4,9-11,14,16,28H,5-8,12H2,1H3/i16D. The number of rotatable bonds is 3. The first-order chi connectivity index (χ1) is 13.7. The molecule has 1 N–H and O–H groups in total. The number of alkyl halides is 3. The molecule has 3 aromatic rings. The summed E-state index contributed by atoms with van der Waals surface area (Å²) in [7, 11) is 0. The molecule has 1 aromatic carbocycles. The Morgan fingerprint density at radius 3 is 2.64 bits per heavy atom. The molecule has 2 heterocycles. The molecule has 2 aromatic heterocycles. The first kappa shape index (κ1) is 17.7. The van der Waals surface area contributed by atoms with Crippen molar-refractivity contribution in [1.29, 1.82) is 0 Å². The molecule has 0 aliphatic heterocycles. The van der Waals surface area contributed by atoms with Crippen LogP contribution in [0.2, 0.25) is 0 Å². The second kappa shape index (κ2) is 7.20. The van der Waals surface area contributed by atoms with Crippen molar-refractivity contribution in [3.8, 4) is 11.3 Å². The quantitative estimate of drug-likeness (QED) is 0.673. The number of fused-ring (bicyclic) bond motifs is 1. The summed E-state index contributed by atoms with van der Waals surface area (Å²) in [4.78, 5) is 3.80. The van der Waals surface area contributed by atoms with Gasteiger partial charge < -0.3 is 5.11 Å². The summed E-state index contributed by atoms with van der Waals surface area (Å²) < 4.78 is 49.6. The lowest BCUT2D eigenvalue weighted by atomic mass is 9.87. The van der Waals surface area contributed by atoms with Crippen molar-refractivity contribution in [2.24, 2.45) is 5.92 Å². The monoisotopic (exact) mass is 390 g/mol. The van der Waals surface area contributed by atoms with E-state index in [0.717, 1.165) is 29.9 Å². The molecule has 0 spiro atoms. The highest BCUT2D eigenvalue weighted by Gasteiger charge is 2.32. The minimum atomic E-state index is -4.50. The average molecular weight is 390 g/mol. The van der Waals surface area contributed by atoms with Crippen LogP contribution in [0.4, 0.5) is 13.2 Å². The Labute approximate surface area is 162 Å². The van der Waals surface area contributed by atoms with Crippen molar-refractivity contribution < 1.29 is 19.6 Å². The van der Waals surface area contributed by atoms with Crippen molar-refractivity contribution in [1.82, 2.24) is 14.8 Å². The molecule has 0 bridgehead atoms. The lowest BCUT2D eigenvalue weighted by Gasteiger charge is -2.27. The lowest BCUT2D eigenvalue weighted by molar-refractivity contribution is -0.141. The van der Waals surface area contributed by atoms with E-state index in [4.69, 9.17) is 1.37 Å². The Morgan fingerprint density at radius 2 is 1.96 bits per heavy atom. The van der Waals surface area contributed by atoms with Gasteiger partial charge in [-0.05, 0) is 68.4 Å². The van der Waals surface area contributed by atoms with Gasteiger partial charge in [-0.15, -0.1) is 0 Å². The average Bonchev–Trinajstić information content (AvgIpc) is 3.11. The predicted molar refractivity (Wildman–Crippen MR) is 101 cm³/mol. The maximum absolute atomic E-state index is 13.0. The Hall–Kier alpha value is -2.41. The number of aliphatic hydroxyl groups is 1. The molecule has 0 amide bonds. The second-order valence-corrected chi connectivity index (χ2v) is 7.40. The number of hydrogen-bond acceptors (Lipinski definition) is 3. The van der Waals surface area contributed by atoms with E-state index in [9.17, 15) is 18.3 Å². The molecule has 4 rings (SSSR count). The Morgan fingerprint density at radius 1 is 1.21 bits per heavy atom. The molecular weight excluding hydrogens is 367 g/mol. The third kappa shape index (κ3) is 3.63. The van der Waals surface area contributed by atoms with Gasteiger partial charge in [-0.3, -0.25) is 4.68 Å². The van der Waals surface area contributed by atoms with Gasteiger partial charge in [-0.1, -0.05) is 6.07 Å². The highest BCUT2D eigenvalue weighted by Crippen LogP contribution is 2.34. The Balaban J connectivity index is 1.72. The maximum atomic E-state index is 13.0. The number of hydrogen-bond donors (Lipinski definition) is 1. The fourth-order valence-electron chi connectivity index (χ4n) is 3.78. The fourth-order valence-corrected chi connectivity index (χ4v) is 3.78. The highest BCUT2D eigenvalue weighted by atomic mass is 19.4. The summed E-state index contributed by atoms with van der Waals surface area (Å²) in [6, 6.07) is 6.63. The molecule has 0 atom stereocenters. The van der Waals surface area contributed by atoms with Crippen LogP contribution in [-0.2, 0) is 6.18 Å². The van der Waals surface area contributed by atoms with Gasteiger partial charge in [0, 0.05) is 23.8 Å². The minimum absolute atomic E-state index is 0.143. The first-order valence-electron chi connectivity index (χ1n) is 9.86. The van der Waals surface area contributed by atoms with Crippen LogP contribution < -0.4 is 0 Å². The molecule has 0 saturated heterocycles. The number of pyridine rings is 1. The Kier molecular flexibility index (Phi) is 4.55. The van der Waals surface area contributed by atoms with E-state index in [1.165, 1.54) is 6.07 Å². The molecule has 0 radical (unpaired) electrons. The summed E-state index contributed by atoms with van der Waals surface area (Å²) in [5.41, 5.74) is 1.44. The summed E-state index contributed by atoms with van der Waals surface area (Å²) in [5.74, 6) is 0.235. The number of benzene rings is 1. The summed E-state index contributed by atoms with van der Waals surface area (Å²) in [5, 5.41) is 14.7. The van der Waals surface area contributed by atoms with Crippen molar-refractivity contribution in [2.45, 2.75) is 44.8 Å². The molecule has 0 unspecified atom stereocenters. The van der Waals surface area contributed by atoms with Crippen molar-refractivity contribution in [2.75, 3.05) is 6.61 Å². The van der Waals surface area contributed by atoms with Gasteiger partial charge in [0.25, 0.3) is 0 Å². The van der Waals surface area contributed by atoms with Gasteiger partial charge in [0.2, 0.25) is 0 Å².